The Hall–Kier alpha value is -3.21. The van der Waals surface area contributed by atoms with Crippen LogP contribution in [0.2, 0.25) is 0 Å². The first-order valence-corrected chi connectivity index (χ1v) is 14.9. The zero-order valence-electron chi connectivity index (χ0n) is 27.9. The molecule has 1 aromatic heterocycles. The van der Waals surface area contributed by atoms with Crippen molar-refractivity contribution in [3.05, 3.63) is 55.4 Å². The van der Waals surface area contributed by atoms with Crippen molar-refractivity contribution in [3.8, 4) is 0 Å². The minimum absolute atomic E-state index is 0.0849. The Labute approximate surface area is 263 Å². The lowest BCUT2D eigenvalue weighted by molar-refractivity contribution is -0.153. The normalized spacial score (nSPS) is 12.5. The summed E-state index contributed by atoms with van der Waals surface area (Å²) in [5.41, 5.74) is -2.07. The molecule has 0 N–H and O–H groups in total. The van der Waals surface area contributed by atoms with Gasteiger partial charge in [0.1, 0.15) is 11.2 Å². The van der Waals surface area contributed by atoms with E-state index >= 15 is 0 Å². The SMILES string of the molecule is C=CC(=O)OCC(C)(C)COC(C)(C)C(=O)CCN(CCC(=O)OCC(C)(C)COC(C)(C)C(=O)C=C)Cc1ccncc1. The summed E-state index contributed by atoms with van der Waals surface area (Å²) in [7, 11) is 0. The van der Waals surface area contributed by atoms with Crippen LogP contribution in [0.15, 0.2) is 49.8 Å². The van der Waals surface area contributed by atoms with Gasteiger partial charge in [-0.15, -0.1) is 0 Å². The first-order chi connectivity index (χ1) is 20.3. The number of pyridine rings is 1. The molecule has 10 nitrogen and oxygen atoms in total. The van der Waals surface area contributed by atoms with Crippen molar-refractivity contribution in [1.82, 2.24) is 9.88 Å². The van der Waals surface area contributed by atoms with Gasteiger partial charge in [0, 0.05) is 55.4 Å². The molecule has 0 aliphatic carbocycles. The van der Waals surface area contributed by atoms with Gasteiger partial charge in [0.15, 0.2) is 11.6 Å². The third-order valence-electron chi connectivity index (χ3n) is 6.94. The highest BCUT2D eigenvalue weighted by Crippen LogP contribution is 2.23. The van der Waals surface area contributed by atoms with E-state index in [4.69, 9.17) is 18.9 Å². The second-order valence-corrected chi connectivity index (χ2v) is 13.5. The largest absolute Gasteiger partial charge is 0.465 e. The van der Waals surface area contributed by atoms with E-state index in [1.54, 1.807) is 40.1 Å². The summed E-state index contributed by atoms with van der Waals surface area (Å²) in [4.78, 5) is 55.4. The highest BCUT2D eigenvalue weighted by Gasteiger charge is 2.33. The average Bonchev–Trinajstić information content (AvgIpc) is 2.98. The fourth-order valence-corrected chi connectivity index (χ4v) is 3.73. The van der Waals surface area contributed by atoms with Gasteiger partial charge in [0.2, 0.25) is 0 Å². The monoisotopic (exact) mass is 616 g/mol. The van der Waals surface area contributed by atoms with Gasteiger partial charge >= 0.3 is 11.9 Å². The van der Waals surface area contributed by atoms with Crippen molar-refractivity contribution in [1.29, 1.82) is 0 Å². The lowest BCUT2D eigenvalue weighted by atomic mass is 9.94. The van der Waals surface area contributed by atoms with Crippen molar-refractivity contribution in [2.45, 2.75) is 86.0 Å². The zero-order chi connectivity index (χ0) is 33.6. The van der Waals surface area contributed by atoms with Gasteiger partial charge in [0.05, 0.1) is 32.8 Å². The molecule has 44 heavy (non-hydrogen) atoms. The molecule has 1 rings (SSSR count). The number of ether oxygens (including phenoxy) is 4. The van der Waals surface area contributed by atoms with Crippen molar-refractivity contribution in [2.24, 2.45) is 10.8 Å². The summed E-state index contributed by atoms with van der Waals surface area (Å²) in [6.07, 6.45) is 6.09. The van der Waals surface area contributed by atoms with E-state index < -0.39 is 28.0 Å². The molecule has 0 aliphatic rings. The number of rotatable bonds is 22. The second-order valence-electron chi connectivity index (χ2n) is 13.5. The molecule has 0 aliphatic heterocycles. The molecular formula is C34H52N2O8. The van der Waals surface area contributed by atoms with Gasteiger partial charge in [-0.3, -0.25) is 24.3 Å². The van der Waals surface area contributed by atoms with Crippen molar-refractivity contribution in [3.63, 3.8) is 0 Å². The Bertz CT molecular complexity index is 1130. The van der Waals surface area contributed by atoms with Crippen LogP contribution in [0.25, 0.3) is 0 Å². The number of nitrogens with zero attached hydrogens (tertiary/aromatic N) is 2. The van der Waals surface area contributed by atoms with E-state index in [1.807, 2.05) is 44.7 Å². The summed E-state index contributed by atoms with van der Waals surface area (Å²) in [6, 6.07) is 3.78. The fourth-order valence-electron chi connectivity index (χ4n) is 3.73. The van der Waals surface area contributed by atoms with E-state index in [0.29, 0.717) is 19.6 Å². The molecule has 0 amide bonds. The topological polar surface area (TPSA) is 121 Å². The highest BCUT2D eigenvalue weighted by molar-refractivity contribution is 5.95. The first kappa shape index (κ1) is 38.8. The van der Waals surface area contributed by atoms with Crippen LogP contribution >= 0.6 is 0 Å². The quantitative estimate of drug-likeness (QED) is 0.131. The lowest BCUT2D eigenvalue weighted by Gasteiger charge is -2.31. The number of ketones is 2. The highest BCUT2D eigenvalue weighted by atomic mass is 16.5. The van der Waals surface area contributed by atoms with E-state index in [1.165, 1.54) is 6.08 Å². The lowest BCUT2D eigenvalue weighted by Crippen LogP contribution is -2.41. The van der Waals surface area contributed by atoms with Gasteiger partial charge in [0.25, 0.3) is 0 Å². The Balaban J connectivity index is 2.72. The Morgan fingerprint density at radius 2 is 1.27 bits per heavy atom. The van der Waals surface area contributed by atoms with E-state index in [-0.39, 0.29) is 56.8 Å². The number of aromatic nitrogens is 1. The summed E-state index contributed by atoms with van der Waals surface area (Å²) in [5, 5.41) is 0. The molecule has 0 unspecified atom stereocenters. The minimum Gasteiger partial charge on any atom is -0.465 e. The van der Waals surface area contributed by atoms with Gasteiger partial charge in [-0.05, 0) is 51.5 Å². The molecule has 0 saturated carbocycles. The Kier molecular flexibility index (Phi) is 15.3. The molecule has 0 bridgehead atoms. The van der Waals surface area contributed by atoms with Crippen LogP contribution in [0.3, 0.4) is 0 Å². The van der Waals surface area contributed by atoms with Crippen LogP contribution in [-0.4, -0.2) is 84.1 Å². The predicted molar refractivity (Wildman–Crippen MR) is 169 cm³/mol. The van der Waals surface area contributed by atoms with Gasteiger partial charge < -0.3 is 18.9 Å². The zero-order valence-corrected chi connectivity index (χ0v) is 27.9. The van der Waals surface area contributed by atoms with Gasteiger partial charge in [-0.25, -0.2) is 4.79 Å². The standard InChI is InChI=1S/C34H52N2O8/c1-11-27(37)33(7,8)43-24-32(5,6)23-42-30(40)16-20-36(21-26-13-17-35-18-14-26)19-15-28(38)34(9,10)44-25-31(3,4)22-41-29(39)12-2/h11-14,17-18H,1-2,15-16,19-25H2,3-10H3. The van der Waals surface area contributed by atoms with Crippen molar-refractivity contribution < 1.29 is 38.1 Å². The summed E-state index contributed by atoms with van der Waals surface area (Å²) < 4.78 is 22.5. The fraction of sp³-hybridized carbons (Fsp3) is 0.618. The van der Waals surface area contributed by atoms with E-state index in [2.05, 4.69) is 18.1 Å². The Morgan fingerprint density at radius 1 is 0.750 bits per heavy atom. The summed E-state index contributed by atoms with van der Waals surface area (Å²) >= 11 is 0. The smallest absolute Gasteiger partial charge is 0.330 e. The molecule has 0 aromatic carbocycles. The van der Waals surface area contributed by atoms with Crippen molar-refractivity contribution >= 4 is 23.5 Å². The number of carbonyl (C=O) groups is 4. The molecule has 1 aromatic rings. The van der Waals surface area contributed by atoms with Crippen LogP contribution in [0, 0.1) is 10.8 Å². The maximum atomic E-state index is 13.2. The van der Waals surface area contributed by atoms with Gasteiger partial charge in [-0.2, -0.15) is 0 Å². The van der Waals surface area contributed by atoms with Crippen LogP contribution in [0.4, 0.5) is 0 Å². The molecule has 0 radical (unpaired) electrons. The maximum Gasteiger partial charge on any atom is 0.330 e. The number of esters is 2. The Morgan fingerprint density at radius 3 is 1.82 bits per heavy atom. The van der Waals surface area contributed by atoms with E-state index in [0.717, 1.165) is 11.6 Å². The molecule has 1 heterocycles. The van der Waals surface area contributed by atoms with Gasteiger partial charge in [-0.1, -0.05) is 40.9 Å². The third kappa shape index (κ3) is 15.0. The number of carbonyl (C=O) groups excluding carboxylic acids is 4. The molecule has 246 valence electrons. The van der Waals surface area contributed by atoms with Crippen molar-refractivity contribution in [2.75, 3.05) is 39.5 Å². The molecule has 10 heteroatoms. The summed E-state index contributed by atoms with van der Waals surface area (Å²) in [6.45, 7) is 23.3. The molecular weight excluding hydrogens is 564 g/mol. The van der Waals surface area contributed by atoms with Crippen LogP contribution < -0.4 is 0 Å². The number of hydrogen-bond donors (Lipinski definition) is 0. The molecule has 0 fully saturated rings. The maximum absolute atomic E-state index is 13.2. The number of Topliss-reactive ketones (excluding diaryl/α,β-unsaturated/α-hetero) is 1. The molecule has 0 spiro atoms. The first-order valence-electron chi connectivity index (χ1n) is 14.9. The summed E-state index contributed by atoms with van der Waals surface area (Å²) in [5.74, 6) is -1.18. The average molecular weight is 617 g/mol. The minimum atomic E-state index is -1.06. The van der Waals surface area contributed by atoms with Crippen LogP contribution in [-0.2, 0) is 44.7 Å². The molecule has 0 saturated heterocycles. The van der Waals surface area contributed by atoms with Crippen LogP contribution in [0.1, 0.15) is 73.8 Å². The third-order valence-corrected chi connectivity index (χ3v) is 6.94. The predicted octanol–water partition coefficient (Wildman–Crippen LogP) is 4.90. The molecule has 0 atom stereocenters. The second kappa shape index (κ2) is 17.3. The van der Waals surface area contributed by atoms with Crippen LogP contribution in [0.5, 0.6) is 0 Å². The van der Waals surface area contributed by atoms with E-state index in [9.17, 15) is 19.2 Å². The number of hydrogen-bond acceptors (Lipinski definition) is 10.